The molecule has 0 aromatic rings. The van der Waals surface area contributed by atoms with E-state index in [2.05, 4.69) is 26.1 Å². The zero-order chi connectivity index (χ0) is 16.2. The van der Waals surface area contributed by atoms with Crippen LogP contribution >= 0.6 is 0 Å². The molecule has 22 heavy (non-hydrogen) atoms. The summed E-state index contributed by atoms with van der Waals surface area (Å²) in [6.45, 7) is 9.86. The van der Waals surface area contributed by atoms with Gasteiger partial charge in [0.1, 0.15) is 0 Å². The fourth-order valence-corrected chi connectivity index (χ4v) is 2.86. The van der Waals surface area contributed by atoms with Crippen molar-refractivity contribution in [2.24, 2.45) is 17.8 Å². The Morgan fingerprint density at radius 2 is 1.68 bits per heavy atom. The summed E-state index contributed by atoms with van der Waals surface area (Å²) in [5.74, 6) is 1.96. The second-order valence-electron chi connectivity index (χ2n) is 6.82. The van der Waals surface area contributed by atoms with Crippen molar-refractivity contribution in [3.05, 3.63) is 0 Å². The lowest BCUT2D eigenvalue weighted by Crippen LogP contribution is -2.35. The SMILES string of the molecule is CCC1CCC(C(=O)NCCOCCOCCC(C)C)CC1. The van der Waals surface area contributed by atoms with Crippen LogP contribution in [0.15, 0.2) is 0 Å². The highest BCUT2D eigenvalue weighted by molar-refractivity contribution is 5.78. The zero-order valence-corrected chi connectivity index (χ0v) is 14.7. The minimum atomic E-state index is 0.214. The molecule has 0 aliphatic heterocycles. The van der Waals surface area contributed by atoms with Gasteiger partial charge in [0.2, 0.25) is 5.91 Å². The van der Waals surface area contributed by atoms with Gasteiger partial charge in [0.05, 0.1) is 19.8 Å². The second-order valence-corrected chi connectivity index (χ2v) is 6.82. The maximum atomic E-state index is 12.0. The van der Waals surface area contributed by atoms with E-state index in [-0.39, 0.29) is 11.8 Å². The molecule has 4 nitrogen and oxygen atoms in total. The van der Waals surface area contributed by atoms with E-state index in [1.165, 1.54) is 19.3 Å². The van der Waals surface area contributed by atoms with Crippen molar-refractivity contribution in [2.75, 3.05) is 33.0 Å². The Morgan fingerprint density at radius 3 is 2.27 bits per heavy atom. The summed E-state index contributed by atoms with van der Waals surface area (Å²) in [5, 5.41) is 3.00. The maximum Gasteiger partial charge on any atom is 0.223 e. The Labute approximate surface area is 136 Å². The van der Waals surface area contributed by atoms with Crippen LogP contribution in [0.1, 0.15) is 59.3 Å². The van der Waals surface area contributed by atoms with Gasteiger partial charge in [-0.3, -0.25) is 4.79 Å². The number of rotatable bonds is 11. The van der Waals surface area contributed by atoms with E-state index in [1.807, 2.05) is 0 Å². The summed E-state index contributed by atoms with van der Waals surface area (Å²) < 4.78 is 10.9. The molecule has 1 N–H and O–H groups in total. The predicted molar refractivity (Wildman–Crippen MR) is 89.8 cm³/mol. The lowest BCUT2D eigenvalue weighted by Gasteiger charge is -2.26. The summed E-state index contributed by atoms with van der Waals surface area (Å²) >= 11 is 0. The van der Waals surface area contributed by atoms with E-state index in [4.69, 9.17) is 9.47 Å². The van der Waals surface area contributed by atoms with Crippen LogP contribution in [0.4, 0.5) is 0 Å². The van der Waals surface area contributed by atoms with Crippen LogP contribution in [0.3, 0.4) is 0 Å². The van der Waals surface area contributed by atoms with E-state index in [0.29, 0.717) is 32.3 Å². The molecule has 0 spiro atoms. The lowest BCUT2D eigenvalue weighted by molar-refractivity contribution is -0.126. The minimum absolute atomic E-state index is 0.214. The third-order valence-corrected chi connectivity index (χ3v) is 4.55. The molecule has 0 atom stereocenters. The Kier molecular flexibility index (Phi) is 10.5. The van der Waals surface area contributed by atoms with Crippen LogP contribution in [0, 0.1) is 17.8 Å². The molecule has 0 radical (unpaired) electrons. The fraction of sp³-hybridized carbons (Fsp3) is 0.944. The summed E-state index contributed by atoms with van der Waals surface area (Å²) in [5.41, 5.74) is 0. The number of hydrogen-bond donors (Lipinski definition) is 1. The first-order valence-corrected chi connectivity index (χ1v) is 9.06. The topological polar surface area (TPSA) is 47.6 Å². The van der Waals surface area contributed by atoms with Crippen LogP contribution < -0.4 is 5.32 Å². The number of carbonyl (C=O) groups is 1. The molecule has 1 aliphatic carbocycles. The molecule has 0 aromatic carbocycles. The van der Waals surface area contributed by atoms with Crippen LogP contribution in [0.5, 0.6) is 0 Å². The van der Waals surface area contributed by atoms with Gasteiger partial charge in [0.15, 0.2) is 0 Å². The van der Waals surface area contributed by atoms with E-state index in [9.17, 15) is 4.79 Å². The standard InChI is InChI=1S/C18H35NO3/c1-4-16-5-7-17(8-6-16)18(20)19-10-12-22-14-13-21-11-9-15(2)3/h15-17H,4-14H2,1-3H3,(H,19,20). The molecule has 1 fully saturated rings. The van der Waals surface area contributed by atoms with Gasteiger partial charge in [0.25, 0.3) is 0 Å². The minimum Gasteiger partial charge on any atom is -0.379 e. The summed E-state index contributed by atoms with van der Waals surface area (Å²) in [7, 11) is 0. The average Bonchev–Trinajstić information content (AvgIpc) is 2.53. The fourth-order valence-electron chi connectivity index (χ4n) is 2.86. The van der Waals surface area contributed by atoms with E-state index in [1.54, 1.807) is 0 Å². The van der Waals surface area contributed by atoms with Gasteiger partial charge in [-0.05, 0) is 43.9 Å². The molecule has 1 rings (SSSR count). The van der Waals surface area contributed by atoms with Crippen molar-refractivity contribution >= 4 is 5.91 Å². The Balaban J connectivity index is 1.91. The quantitative estimate of drug-likeness (QED) is 0.595. The van der Waals surface area contributed by atoms with E-state index >= 15 is 0 Å². The maximum absolute atomic E-state index is 12.0. The average molecular weight is 313 g/mol. The first-order chi connectivity index (χ1) is 10.6. The second kappa shape index (κ2) is 11.9. The monoisotopic (exact) mass is 313 g/mol. The van der Waals surface area contributed by atoms with Gasteiger partial charge < -0.3 is 14.8 Å². The molecule has 130 valence electrons. The smallest absolute Gasteiger partial charge is 0.223 e. The molecule has 0 saturated heterocycles. The summed E-state index contributed by atoms with van der Waals surface area (Å²) in [6, 6.07) is 0. The van der Waals surface area contributed by atoms with Crippen LogP contribution in [-0.4, -0.2) is 38.9 Å². The molecule has 4 heteroatoms. The van der Waals surface area contributed by atoms with Crippen LogP contribution in [0.25, 0.3) is 0 Å². The first kappa shape index (κ1) is 19.4. The van der Waals surface area contributed by atoms with Crippen molar-refractivity contribution in [3.63, 3.8) is 0 Å². The number of carbonyl (C=O) groups excluding carboxylic acids is 1. The number of hydrogen-bond acceptors (Lipinski definition) is 3. The number of amides is 1. The third-order valence-electron chi connectivity index (χ3n) is 4.55. The van der Waals surface area contributed by atoms with E-state index in [0.717, 1.165) is 31.8 Å². The van der Waals surface area contributed by atoms with Gasteiger partial charge in [-0.2, -0.15) is 0 Å². The zero-order valence-electron chi connectivity index (χ0n) is 14.7. The normalized spacial score (nSPS) is 22.0. The molecule has 0 heterocycles. The van der Waals surface area contributed by atoms with Gasteiger partial charge in [-0.15, -0.1) is 0 Å². The molecule has 0 bridgehead atoms. The summed E-state index contributed by atoms with van der Waals surface area (Å²) in [6.07, 6.45) is 6.86. The van der Waals surface area contributed by atoms with Crippen molar-refractivity contribution < 1.29 is 14.3 Å². The van der Waals surface area contributed by atoms with Crippen LogP contribution in [-0.2, 0) is 14.3 Å². The summed E-state index contributed by atoms with van der Waals surface area (Å²) in [4.78, 5) is 12.0. The molecule has 1 aliphatic rings. The van der Waals surface area contributed by atoms with Crippen molar-refractivity contribution in [2.45, 2.75) is 59.3 Å². The van der Waals surface area contributed by atoms with Gasteiger partial charge in [0, 0.05) is 19.1 Å². The molecular formula is C18H35NO3. The molecule has 0 aromatic heterocycles. The van der Waals surface area contributed by atoms with E-state index < -0.39 is 0 Å². The Hall–Kier alpha value is -0.610. The molecular weight excluding hydrogens is 278 g/mol. The highest BCUT2D eigenvalue weighted by Crippen LogP contribution is 2.30. The lowest BCUT2D eigenvalue weighted by atomic mass is 9.80. The van der Waals surface area contributed by atoms with Crippen molar-refractivity contribution in [1.29, 1.82) is 0 Å². The Bertz CT molecular complexity index is 286. The predicted octanol–water partition coefficient (Wildman–Crippen LogP) is 3.40. The van der Waals surface area contributed by atoms with Gasteiger partial charge in [-0.1, -0.05) is 27.2 Å². The molecule has 1 saturated carbocycles. The van der Waals surface area contributed by atoms with Crippen molar-refractivity contribution in [3.8, 4) is 0 Å². The van der Waals surface area contributed by atoms with Crippen LogP contribution in [0.2, 0.25) is 0 Å². The first-order valence-electron chi connectivity index (χ1n) is 9.06. The third kappa shape index (κ3) is 8.74. The molecule has 0 unspecified atom stereocenters. The van der Waals surface area contributed by atoms with Crippen molar-refractivity contribution in [1.82, 2.24) is 5.32 Å². The Morgan fingerprint density at radius 1 is 1.05 bits per heavy atom. The molecule has 1 amide bonds. The largest absolute Gasteiger partial charge is 0.379 e. The van der Waals surface area contributed by atoms with Gasteiger partial charge in [-0.25, -0.2) is 0 Å². The number of ether oxygens (including phenoxy) is 2. The highest BCUT2D eigenvalue weighted by atomic mass is 16.5. The highest BCUT2D eigenvalue weighted by Gasteiger charge is 2.24. The van der Waals surface area contributed by atoms with Gasteiger partial charge >= 0.3 is 0 Å². The number of nitrogens with one attached hydrogen (secondary N) is 1.